The van der Waals surface area contributed by atoms with Crippen LogP contribution in [-0.4, -0.2) is 36.9 Å². The molecule has 1 aromatic heterocycles. The molecule has 0 saturated carbocycles. The third-order valence-corrected chi connectivity index (χ3v) is 5.71. The van der Waals surface area contributed by atoms with Crippen LogP contribution in [0.4, 0.5) is 0 Å². The maximum atomic E-state index is 12.4. The molecule has 1 fully saturated rings. The molecule has 0 unspecified atom stereocenters. The summed E-state index contributed by atoms with van der Waals surface area (Å²) in [5.74, 6) is 0.897. The highest BCUT2D eigenvalue weighted by molar-refractivity contribution is 7.91. The lowest BCUT2D eigenvalue weighted by molar-refractivity contribution is -0.125. The van der Waals surface area contributed by atoms with Crippen LogP contribution >= 0.6 is 0 Å². The normalized spacial score (nSPS) is 22.3. The van der Waals surface area contributed by atoms with Crippen molar-refractivity contribution in [2.75, 3.05) is 18.1 Å². The third-order valence-electron chi connectivity index (χ3n) is 3.88. The summed E-state index contributed by atoms with van der Waals surface area (Å²) in [5, 5.41) is 2.93. The Balaban J connectivity index is 1.93. The monoisotopic (exact) mass is 312 g/mol. The van der Waals surface area contributed by atoms with Gasteiger partial charge in [0.05, 0.1) is 11.5 Å². The van der Waals surface area contributed by atoms with Crippen LogP contribution < -0.4 is 5.32 Å². The summed E-state index contributed by atoms with van der Waals surface area (Å²) in [5.41, 5.74) is 0. The average molecular weight is 312 g/mol. The van der Waals surface area contributed by atoms with Crippen molar-refractivity contribution in [3.8, 4) is 0 Å². The Hall–Kier alpha value is -1.30. The van der Waals surface area contributed by atoms with E-state index in [0.29, 0.717) is 18.9 Å². The molecule has 2 heterocycles. The fourth-order valence-corrected chi connectivity index (χ4v) is 4.62. The Morgan fingerprint density at radius 1 is 1.33 bits per heavy atom. The van der Waals surface area contributed by atoms with E-state index in [-0.39, 0.29) is 29.4 Å². The lowest BCUT2D eigenvalue weighted by atomic mass is 10.0. The Morgan fingerprint density at radius 3 is 2.52 bits per heavy atom. The van der Waals surface area contributed by atoms with Gasteiger partial charge in [-0.15, -0.1) is 0 Å². The number of carbonyl (C=O) groups is 1. The molecule has 0 spiro atoms. The Kier molecular flexibility index (Phi) is 5.08. The molecule has 6 heteroatoms. The molecule has 21 heavy (non-hydrogen) atoms. The van der Waals surface area contributed by atoms with Crippen molar-refractivity contribution < 1.29 is 13.2 Å². The van der Waals surface area contributed by atoms with E-state index in [1.165, 1.54) is 0 Å². The third kappa shape index (κ3) is 4.59. The van der Waals surface area contributed by atoms with Gasteiger partial charge < -0.3 is 9.88 Å². The number of hydrogen-bond acceptors (Lipinski definition) is 3. The molecule has 0 aliphatic carbocycles. The van der Waals surface area contributed by atoms with E-state index < -0.39 is 9.84 Å². The average Bonchev–Trinajstić information content (AvgIpc) is 3.02. The summed E-state index contributed by atoms with van der Waals surface area (Å²) in [6, 6.07) is 3.59. The van der Waals surface area contributed by atoms with Crippen LogP contribution in [0.2, 0.25) is 0 Å². The highest BCUT2D eigenvalue weighted by Crippen LogP contribution is 2.20. The fraction of sp³-hybridized carbons (Fsp3) is 0.667. The van der Waals surface area contributed by atoms with Crippen LogP contribution in [0.1, 0.15) is 32.7 Å². The second-order valence-electron chi connectivity index (χ2n) is 6.29. The molecule has 1 saturated heterocycles. The van der Waals surface area contributed by atoms with Crippen molar-refractivity contribution in [1.29, 1.82) is 0 Å². The number of nitrogens with zero attached hydrogens (tertiary/aromatic N) is 1. The summed E-state index contributed by atoms with van der Waals surface area (Å²) in [6.45, 7) is 4.63. The predicted octanol–water partition coefficient (Wildman–Crippen LogP) is 1.63. The number of aromatic nitrogens is 1. The maximum absolute atomic E-state index is 12.4. The smallest absolute Gasteiger partial charge is 0.243 e. The fourth-order valence-electron chi connectivity index (χ4n) is 2.76. The SMILES string of the molecule is CC(C)C[C@@H](C(=O)NC[C@@H]1CCS(=O)(=O)C1)n1cccc1. The summed E-state index contributed by atoms with van der Waals surface area (Å²) in [7, 11) is -2.88. The highest BCUT2D eigenvalue weighted by atomic mass is 32.2. The summed E-state index contributed by atoms with van der Waals surface area (Å²) < 4.78 is 24.8. The van der Waals surface area contributed by atoms with E-state index in [2.05, 4.69) is 19.2 Å². The first-order chi connectivity index (χ1) is 9.87. The molecular formula is C15H24N2O3S. The van der Waals surface area contributed by atoms with E-state index in [9.17, 15) is 13.2 Å². The molecular weight excluding hydrogens is 288 g/mol. The van der Waals surface area contributed by atoms with Crippen LogP contribution in [0.25, 0.3) is 0 Å². The van der Waals surface area contributed by atoms with Crippen molar-refractivity contribution in [1.82, 2.24) is 9.88 Å². The van der Waals surface area contributed by atoms with E-state index in [4.69, 9.17) is 0 Å². The van der Waals surface area contributed by atoms with Gasteiger partial charge in [0.2, 0.25) is 5.91 Å². The zero-order valence-corrected chi connectivity index (χ0v) is 13.5. The van der Waals surface area contributed by atoms with Crippen LogP contribution in [0.3, 0.4) is 0 Å². The molecule has 2 rings (SSSR count). The summed E-state index contributed by atoms with van der Waals surface area (Å²) >= 11 is 0. The highest BCUT2D eigenvalue weighted by Gasteiger charge is 2.29. The standard InChI is InChI=1S/C15H24N2O3S/c1-12(2)9-14(17-6-3-4-7-17)15(18)16-10-13-5-8-21(19,20)11-13/h3-4,6-7,12-14H,5,8-11H2,1-2H3,(H,16,18)/t13-,14-/m0/s1. The van der Waals surface area contributed by atoms with Gasteiger partial charge in [-0.2, -0.15) is 0 Å². The van der Waals surface area contributed by atoms with Crippen molar-refractivity contribution in [2.45, 2.75) is 32.7 Å². The van der Waals surface area contributed by atoms with E-state index in [1.807, 2.05) is 29.1 Å². The Labute approximate surface area is 126 Å². The first-order valence-electron chi connectivity index (χ1n) is 7.48. The molecule has 1 N–H and O–H groups in total. The quantitative estimate of drug-likeness (QED) is 0.868. The van der Waals surface area contributed by atoms with Gasteiger partial charge in [0.15, 0.2) is 9.84 Å². The van der Waals surface area contributed by atoms with E-state index >= 15 is 0 Å². The lowest BCUT2D eigenvalue weighted by Crippen LogP contribution is -2.36. The van der Waals surface area contributed by atoms with Crippen molar-refractivity contribution in [2.24, 2.45) is 11.8 Å². The minimum absolute atomic E-state index is 0.0239. The Bertz CT molecular complexity index is 564. The number of rotatable bonds is 6. The van der Waals surface area contributed by atoms with Gasteiger partial charge in [-0.3, -0.25) is 4.79 Å². The Morgan fingerprint density at radius 2 is 2.00 bits per heavy atom. The van der Waals surface area contributed by atoms with Gasteiger partial charge in [-0.05, 0) is 36.8 Å². The molecule has 2 atom stereocenters. The van der Waals surface area contributed by atoms with E-state index in [0.717, 1.165) is 6.42 Å². The zero-order chi connectivity index (χ0) is 15.5. The first kappa shape index (κ1) is 16.1. The minimum Gasteiger partial charge on any atom is -0.354 e. The van der Waals surface area contributed by atoms with Gasteiger partial charge in [0.25, 0.3) is 0 Å². The number of carbonyl (C=O) groups excluding carboxylic acids is 1. The van der Waals surface area contributed by atoms with Gasteiger partial charge >= 0.3 is 0 Å². The van der Waals surface area contributed by atoms with E-state index in [1.54, 1.807) is 0 Å². The van der Waals surface area contributed by atoms with Crippen molar-refractivity contribution in [3.05, 3.63) is 24.5 Å². The lowest BCUT2D eigenvalue weighted by Gasteiger charge is -2.21. The molecule has 118 valence electrons. The number of nitrogens with one attached hydrogen (secondary N) is 1. The maximum Gasteiger partial charge on any atom is 0.243 e. The van der Waals surface area contributed by atoms with Gasteiger partial charge in [0, 0.05) is 18.9 Å². The molecule has 1 amide bonds. The van der Waals surface area contributed by atoms with Crippen molar-refractivity contribution in [3.63, 3.8) is 0 Å². The second-order valence-corrected chi connectivity index (χ2v) is 8.52. The number of sulfone groups is 1. The second kappa shape index (κ2) is 6.64. The van der Waals surface area contributed by atoms with Gasteiger partial charge in [-0.1, -0.05) is 13.8 Å². The molecule has 1 aliphatic heterocycles. The number of hydrogen-bond donors (Lipinski definition) is 1. The molecule has 0 radical (unpaired) electrons. The molecule has 0 aromatic carbocycles. The topological polar surface area (TPSA) is 68.2 Å². The largest absolute Gasteiger partial charge is 0.354 e. The molecule has 1 aromatic rings. The molecule has 0 bridgehead atoms. The first-order valence-corrected chi connectivity index (χ1v) is 9.30. The zero-order valence-electron chi connectivity index (χ0n) is 12.7. The van der Waals surface area contributed by atoms with Gasteiger partial charge in [-0.25, -0.2) is 8.42 Å². The van der Waals surface area contributed by atoms with Crippen LogP contribution in [-0.2, 0) is 14.6 Å². The summed E-state index contributed by atoms with van der Waals surface area (Å²) in [6.07, 6.45) is 5.21. The van der Waals surface area contributed by atoms with Crippen molar-refractivity contribution >= 4 is 15.7 Å². The minimum atomic E-state index is -2.88. The van der Waals surface area contributed by atoms with Crippen LogP contribution in [0.5, 0.6) is 0 Å². The number of amides is 1. The molecule has 5 nitrogen and oxygen atoms in total. The molecule has 1 aliphatic rings. The van der Waals surface area contributed by atoms with Gasteiger partial charge in [0.1, 0.15) is 6.04 Å². The van der Waals surface area contributed by atoms with Crippen LogP contribution in [0.15, 0.2) is 24.5 Å². The summed E-state index contributed by atoms with van der Waals surface area (Å²) in [4.78, 5) is 12.4. The predicted molar refractivity (Wildman–Crippen MR) is 82.7 cm³/mol. The van der Waals surface area contributed by atoms with Crippen LogP contribution in [0, 0.1) is 11.8 Å².